The quantitative estimate of drug-likeness (QED) is 0.470. The van der Waals surface area contributed by atoms with Gasteiger partial charge in [-0.05, 0) is 103 Å². The molecule has 0 N–H and O–H groups in total. The van der Waals surface area contributed by atoms with Crippen molar-refractivity contribution < 1.29 is 9.53 Å². The lowest BCUT2D eigenvalue weighted by atomic mass is 9.33. The Morgan fingerprint density at radius 1 is 0.828 bits per heavy atom. The fourth-order valence-electron chi connectivity index (χ4n) is 10.8. The van der Waals surface area contributed by atoms with Crippen molar-refractivity contribution in [2.45, 2.75) is 105 Å². The summed E-state index contributed by atoms with van der Waals surface area (Å²) in [6.45, 7) is 13.9. The minimum absolute atomic E-state index is 0.272. The number of Topliss-reactive ketones (excluding diaryl/α,β-unsaturated/α-hetero) is 1. The van der Waals surface area contributed by atoms with E-state index < -0.39 is 0 Å². The van der Waals surface area contributed by atoms with E-state index in [4.69, 9.17) is 4.74 Å². The third-order valence-electron chi connectivity index (χ3n) is 12.7. The van der Waals surface area contributed by atoms with Gasteiger partial charge in [-0.1, -0.05) is 34.6 Å². The highest BCUT2D eigenvalue weighted by Gasteiger charge is 2.72. The Bertz CT molecular complexity index is 756. The molecular weight excluding hydrogens is 356 g/mol. The zero-order valence-corrected chi connectivity index (χ0v) is 19.5. The first kappa shape index (κ1) is 19.3. The smallest absolute Gasteiger partial charge is 0.136 e. The summed E-state index contributed by atoms with van der Waals surface area (Å²) in [4.78, 5) is 12.7. The molecule has 2 bridgehead atoms. The maximum Gasteiger partial charge on any atom is 0.136 e. The van der Waals surface area contributed by atoms with Crippen molar-refractivity contribution in [2.24, 2.45) is 50.7 Å². The molecule has 5 aliphatic carbocycles. The summed E-state index contributed by atoms with van der Waals surface area (Å²) in [6, 6.07) is 0. The van der Waals surface area contributed by atoms with Gasteiger partial charge in [0.25, 0.3) is 0 Å². The molecule has 0 aromatic carbocycles. The molecule has 6 fully saturated rings. The molecule has 162 valence electrons. The molecular formula is C27H42O2. The van der Waals surface area contributed by atoms with Crippen LogP contribution < -0.4 is 0 Å². The summed E-state index contributed by atoms with van der Waals surface area (Å²) >= 11 is 0. The zero-order valence-electron chi connectivity index (χ0n) is 19.5. The van der Waals surface area contributed by atoms with Gasteiger partial charge < -0.3 is 4.74 Å². The SMILES string of the molecule is CC1(C)CC[C@]23CC[C@]4(C)[C@H](CC[C@@H]5[C@@]6(C)CCC(=O)[C@@H]6CC[C@]54C)[C@@H]2[C@H]1OC3. The van der Waals surface area contributed by atoms with Crippen LogP contribution in [0.4, 0.5) is 0 Å². The topological polar surface area (TPSA) is 26.3 Å². The highest BCUT2D eigenvalue weighted by atomic mass is 16.5. The standard InChI is InChI=1S/C27H42O2/c1-23(2)12-14-27-15-13-25(4)18(21(27)22(23)29-16-27)6-7-20-24(3)10-9-19(28)17(24)8-11-26(20,25)5/h17-18,20-22H,6-16H2,1-5H3/t17-,18+,20+,21+,22+,24-,25+,26+,27+/m0/s1. The summed E-state index contributed by atoms with van der Waals surface area (Å²) < 4.78 is 6.65. The predicted molar refractivity (Wildman–Crippen MR) is 115 cm³/mol. The van der Waals surface area contributed by atoms with Gasteiger partial charge in [0.05, 0.1) is 12.7 Å². The zero-order chi connectivity index (χ0) is 20.4. The van der Waals surface area contributed by atoms with Crippen molar-refractivity contribution in [1.82, 2.24) is 0 Å². The molecule has 1 saturated heterocycles. The van der Waals surface area contributed by atoms with Gasteiger partial charge in [-0.2, -0.15) is 0 Å². The van der Waals surface area contributed by atoms with Gasteiger partial charge >= 0.3 is 0 Å². The molecule has 0 spiro atoms. The van der Waals surface area contributed by atoms with Gasteiger partial charge in [0.2, 0.25) is 0 Å². The highest BCUT2D eigenvalue weighted by molar-refractivity contribution is 5.84. The fourth-order valence-corrected chi connectivity index (χ4v) is 10.8. The van der Waals surface area contributed by atoms with E-state index in [9.17, 15) is 4.79 Å². The van der Waals surface area contributed by atoms with Crippen LogP contribution in [-0.2, 0) is 9.53 Å². The molecule has 0 radical (unpaired) electrons. The number of fused-ring (bicyclic) bond motifs is 5. The lowest BCUT2D eigenvalue weighted by molar-refractivity contribution is -0.221. The predicted octanol–water partition coefficient (Wildman–Crippen LogP) is 6.42. The van der Waals surface area contributed by atoms with Crippen LogP contribution in [0.1, 0.15) is 98.8 Å². The molecule has 29 heavy (non-hydrogen) atoms. The van der Waals surface area contributed by atoms with E-state index in [0.717, 1.165) is 43.6 Å². The van der Waals surface area contributed by atoms with Crippen molar-refractivity contribution in [3.05, 3.63) is 0 Å². The average molecular weight is 399 g/mol. The van der Waals surface area contributed by atoms with Crippen LogP contribution >= 0.6 is 0 Å². The summed E-state index contributed by atoms with van der Waals surface area (Å²) in [7, 11) is 0. The van der Waals surface area contributed by atoms with Gasteiger partial charge in [-0.3, -0.25) is 4.79 Å². The summed E-state index contributed by atoms with van der Waals surface area (Å²) in [5.41, 5.74) is 1.91. The average Bonchev–Trinajstić information content (AvgIpc) is 3.16. The molecule has 5 saturated carbocycles. The van der Waals surface area contributed by atoms with E-state index in [1.807, 2.05) is 0 Å². The lowest BCUT2D eigenvalue weighted by Crippen LogP contribution is -2.65. The molecule has 6 aliphatic rings. The number of hydrogen-bond donors (Lipinski definition) is 0. The Morgan fingerprint density at radius 2 is 1.59 bits per heavy atom. The number of rotatable bonds is 0. The summed E-state index contributed by atoms with van der Waals surface area (Å²) in [5.74, 6) is 3.29. The monoisotopic (exact) mass is 398 g/mol. The molecule has 1 heterocycles. The van der Waals surface area contributed by atoms with Crippen molar-refractivity contribution in [3.8, 4) is 0 Å². The second-order valence-corrected chi connectivity index (χ2v) is 13.7. The van der Waals surface area contributed by atoms with Crippen LogP contribution in [0.5, 0.6) is 0 Å². The van der Waals surface area contributed by atoms with Crippen molar-refractivity contribution in [3.63, 3.8) is 0 Å². The highest BCUT2D eigenvalue weighted by Crippen LogP contribution is 2.77. The maximum atomic E-state index is 12.7. The van der Waals surface area contributed by atoms with Crippen LogP contribution in [0.3, 0.4) is 0 Å². The van der Waals surface area contributed by atoms with Crippen LogP contribution in [0, 0.1) is 50.7 Å². The van der Waals surface area contributed by atoms with Gasteiger partial charge in [0.1, 0.15) is 5.78 Å². The van der Waals surface area contributed by atoms with Crippen molar-refractivity contribution in [1.29, 1.82) is 0 Å². The Balaban J connectivity index is 1.42. The van der Waals surface area contributed by atoms with Crippen LogP contribution in [0.2, 0.25) is 0 Å². The molecule has 0 amide bonds. The normalized spacial score (nSPS) is 60.2. The van der Waals surface area contributed by atoms with Crippen LogP contribution in [0.25, 0.3) is 0 Å². The Morgan fingerprint density at radius 3 is 2.38 bits per heavy atom. The fraction of sp³-hybridized carbons (Fsp3) is 0.963. The van der Waals surface area contributed by atoms with Crippen molar-refractivity contribution in [2.75, 3.05) is 6.61 Å². The maximum absolute atomic E-state index is 12.7. The van der Waals surface area contributed by atoms with Crippen LogP contribution in [-0.4, -0.2) is 18.5 Å². The first-order valence-electron chi connectivity index (χ1n) is 12.7. The van der Waals surface area contributed by atoms with E-state index in [1.54, 1.807) is 0 Å². The molecule has 0 aromatic rings. The van der Waals surface area contributed by atoms with Gasteiger partial charge in [0.15, 0.2) is 0 Å². The van der Waals surface area contributed by atoms with Gasteiger partial charge in [0, 0.05) is 12.3 Å². The largest absolute Gasteiger partial charge is 0.377 e. The molecule has 1 aliphatic heterocycles. The van der Waals surface area contributed by atoms with E-state index >= 15 is 0 Å². The first-order chi connectivity index (χ1) is 13.6. The molecule has 2 nitrogen and oxygen atoms in total. The molecule has 0 aromatic heterocycles. The Labute approximate surface area is 177 Å². The third-order valence-corrected chi connectivity index (χ3v) is 12.7. The summed E-state index contributed by atoms with van der Waals surface area (Å²) in [5, 5.41) is 0. The molecule has 9 atom stereocenters. The molecule has 6 rings (SSSR count). The molecule has 2 heteroatoms. The van der Waals surface area contributed by atoms with Crippen LogP contribution in [0.15, 0.2) is 0 Å². The Kier molecular flexibility index (Phi) is 3.67. The second-order valence-electron chi connectivity index (χ2n) is 13.7. The van der Waals surface area contributed by atoms with Gasteiger partial charge in [-0.15, -0.1) is 0 Å². The third kappa shape index (κ3) is 2.07. The minimum Gasteiger partial charge on any atom is -0.377 e. The number of ether oxygens (including phenoxy) is 1. The number of ketones is 1. The van der Waals surface area contributed by atoms with Gasteiger partial charge in [-0.25, -0.2) is 0 Å². The van der Waals surface area contributed by atoms with E-state index in [1.165, 1.54) is 44.9 Å². The van der Waals surface area contributed by atoms with E-state index in [0.29, 0.717) is 39.5 Å². The molecule has 0 unspecified atom stereocenters. The van der Waals surface area contributed by atoms with E-state index in [-0.39, 0.29) is 5.41 Å². The first-order valence-corrected chi connectivity index (χ1v) is 12.7. The second kappa shape index (κ2) is 5.51. The Hall–Kier alpha value is -0.370. The number of carbonyl (C=O) groups excluding carboxylic acids is 1. The minimum atomic E-state index is 0.272. The number of carbonyl (C=O) groups is 1. The lowest BCUT2D eigenvalue weighted by Gasteiger charge is -2.70. The van der Waals surface area contributed by atoms with E-state index in [2.05, 4.69) is 34.6 Å². The number of hydrogen-bond acceptors (Lipinski definition) is 2. The summed E-state index contributed by atoms with van der Waals surface area (Å²) in [6.07, 6.45) is 13.2. The van der Waals surface area contributed by atoms with Crippen molar-refractivity contribution >= 4 is 5.78 Å².